The van der Waals surface area contributed by atoms with Gasteiger partial charge in [-0.15, -0.1) is 0 Å². The lowest BCUT2D eigenvalue weighted by atomic mass is 9.87. The fourth-order valence-corrected chi connectivity index (χ4v) is 2.26. The minimum absolute atomic E-state index is 0.0940. The van der Waals surface area contributed by atoms with Gasteiger partial charge in [0.05, 0.1) is 6.54 Å². The van der Waals surface area contributed by atoms with Gasteiger partial charge in [-0.3, -0.25) is 0 Å². The quantitative estimate of drug-likeness (QED) is 0.757. The number of hydrogen-bond acceptors (Lipinski definition) is 1. The van der Waals surface area contributed by atoms with Crippen LogP contribution in [-0.4, -0.2) is 12.6 Å². The smallest absolute Gasteiger partial charge is 0.319 e. The summed E-state index contributed by atoms with van der Waals surface area (Å²) in [6.45, 7) is 6.72. The van der Waals surface area contributed by atoms with Gasteiger partial charge in [0.2, 0.25) is 0 Å². The third-order valence-corrected chi connectivity index (χ3v) is 3.64. The van der Waals surface area contributed by atoms with E-state index in [4.69, 9.17) is 11.6 Å². The summed E-state index contributed by atoms with van der Waals surface area (Å²) < 4.78 is 0. The Morgan fingerprint density at radius 1 is 1.12 bits per heavy atom. The van der Waals surface area contributed by atoms with Gasteiger partial charge in [0.1, 0.15) is 0 Å². The second-order valence-electron chi connectivity index (χ2n) is 6.45. The van der Waals surface area contributed by atoms with Crippen LogP contribution >= 0.6 is 11.6 Å². The topological polar surface area (TPSA) is 41.1 Å². The summed E-state index contributed by atoms with van der Waals surface area (Å²) in [5.41, 5.74) is 2.89. The maximum atomic E-state index is 11.8. The van der Waals surface area contributed by atoms with E-state index in [9.17, 15) is 4.79 Å². The molecule has 0 saturated carbocycles. The minimum atomic E-state index is -0.279. The van der Waals surface area contributed by atoms with E-state index < -0.39 is 0 Å². The van der Waals surface area contributed by atoms with Crippen molar-refractivity contribution in [2.24, 2.45) is 0 Å². The Bertz CT molecular complexity index is 765. The van der Waals surface area contributed by atoms with Gasteiger partial charge < -0.3 is 10.6 Å². The van der Waals surface area contributed by atoms with Crippen molar-refractivity contribution in [1.82, 2.24) is 5.32 Å². The molecule has 0 aliphatic heterocycles. The SMILES string of the molecule is CC(C)(C)c1ccc(NC(=O)NCC#Cc2cccc(Cl)c2)cc1. The molecule has 0 radical (unpaired) electrons. The van der Waals surface area contributed by atoms with E-state index >= 15 is 0 Å². The predicted octanol–water partition coefficient (Wildman–Crippen LogP) is 4.81. The molecule has 24 heavy (non-hydrogen) atoms. The number of benzene rings is 2. The van der Waals surface area contributed by atoms with E-state index in [1.54, 1.807) is 12.1 Å². The number of nitrogens with one attached hydrogen (secondary N) is 2. The van der Waals surface area contributed by atoms with Gasteiger partial charge in [0.15, 0.2) is 0 Å². The summed E-state index contributed by atoms with van der Waals surface area (Å²) in [7, 11) is 0. The summed E-state index contributed by atoms with van der Waals surface area (Å²) in [4.78, 5) is 11.8. The number of hydrogen-bond donors (Lipinski definition) is 2. The Morgan fingerprint density at radius 2 is 1.83 bits per heavy atom. The van der Waals surface area contributed by atoms with Crippen LogP contribution in [-0.2, 0) is 5.41 Å². The molecule has 0 heterocycles. The van der Waals surface area contributed by atoms with Crippen LogP contribution in [0.1, 0.15) is 31.9 Å². The van der Waals surface area contributed by atoms with E-state index in [-0.39, 0.29) is 18.0 Å². The molecule has 0 unspecified atom stereocenters. The summed E-state index contributed by atoms with van der Waals surface area (Å²) in [6.07, 6.45) is 0. The second-order valence-corrected chi connectivity index (χ2v) is 6.88. The highest BCUT2D eigenvalue weighted by Gasteiger charge is 2.12. The molecule has 4 heteroatoms. The van der Waals surface area contributed by atoms with Gasteiger partial charge in [-0.25, -0.2) is 4.79 Å². The Kier molecular flexibility index (Phi) is 5.89. The van der Waals surface area contributed by atoms with Gasteiger partial charge in [0, 0.05) is 16.3 Å². The largest absolute Gasteiger partial charge is 0.327 e. The van der Waals surface area contributed by atoms with Crippen LogP contribution in [0.25, 0.3) is 0 Å². The summed E-state index contributed by atoms with van der Waals surface area (Å²) in [5.74, 6) is 5.85. The van der Waals surface area contributed by atoms with E-state index in [1.165, 1.54) is 5.56 Å². The number of carbonyl (C=O) groups excluding carboxylic acids is 1. The molecule has 0 aromatic heterocycles. The Balaban J connectivity index is 1.84. The molecular weight excluding hydrogens is 320 g/mol. The average molecular weight is 341 g/mol. The molecule has 2 aromatic carbocycles. The zero-order valence-corrected chi connectivity index (χ0v) is 14.9. The molecule has 2 N–H and O–H groups in total. The molecule has 2 amide bonds. The van der Waals surface area contributed by atoms with Gasteiger partial charge in [-0.05, 0) is 41.3 Å². The molecule has 0 aliphatic rings. The van der Waals surface area contributed by atoms with Crippen LogP contribution < -0.4 is 10.6 Å². The summed E-state index contributed by atoms with van der Waals surface area (Å²) >= 11 is 5.89. The first-order valence-electron chi connectivity index (χ1n) is 7.74. The first-order valence-corrected chi connectivity index (χ1v) is 8.12. The molecule has 0 aliphatic carbocycles. The zero-order valence-electron chi connectivity index (χ0n) is 14.1. The maximum Gasteiger partial charge on any atom is 0.319 e. The normalized spacial score (nSPS) is 10.5. The van der Waals surface area contributed by atoms with Crippen LogP contribution in [0.5, 0.6) is 0 Å². The Hall–Kier alpha value is -2.44. The highest BCUT2D eigenvalue weighted by Crippen LogP contribution is 2.23. The molecule has 0 saturated heterocycles. The van der Waals surface area contributed by atoms with Crippen molar-refractivity contribution in [3.8, 4) is 11.8 Å². The predicted molar refractivity (Wildman–Crippen MR) is 100 cm³/mol. The maximum absolute atomic E-state index is 11.8. The molecule has 0 atom stereocenters. The number of anilines is 1. The first kappa shape index (κ1) is 17.9. The van der Waals surface area contributed by atoms with Crippen molar-refractivity contribution in [1.29, 1.82) is 0 Å². The third-order valence-electron chi connectivity index (χ3n) is 3.40. The lowest BCUT2D eigenvalue weighted by Gasteiger charge is -2.19. The molecule has 2 aromatic rings. The number of rotatable bonds is 2. The fourth-order valence-electron chi connectivity index (χ4n) is 2.07. The van der Waals surface area contributed by atoms with Crippen molar-refractivity contribution in [3.63, 3.8) is 0 Å². The van der Waals surface area contributed by atoms with E-state index in [0.717, 1.165) is 11.3 Å². The van der Waals surface area contributed by atoms with Crippen LogP contribution in [0.2, 0.25) is 5.02 Å². The number of urea groups is 1. The van der Waals surface area contributed by atoms with Crippen molar-refractivity contribution < 1.29 is 4.79 Å². The monoisotopic (exact) mass is 340 g/mol. The first-order chi connectivity index (χ1) is 11.3. The lowest BCUT2D eigenvalue weighted by Crippen LogP contribution is -2.28. The third kappa shape index (κ3) is 5.64. The molecule has 0 bridgehead atoms. The fraction of sp³-hybridized carbons (Fsp3) is 0.250. The standard InChI is InChI=1S/C20H21ClN2O/c1-20(2,3)16-9-11-18(12-10-16)23-19(24)22-13-5-7-15-6-4-8-17(21)14-15/h4,6,8-12,14H,13H2,1-3H3,(H2,22,23,24). The second kappa shape index (κ2) is 7.90. The van der Waals surface area contributed by atoms with E-state index in [2.05, 4.69) is 43.2 Å². The molecular formula is C20H21ClN2O. The van der Waals surface area contributed by atoms with Gasteiger partial charge in [0.25, 0.3) is 0 Å². The highest BCUT2D eigenvalue weighted by atomic mass is 35.5. The molecule has 3 nitrogen and oxygen atoms in total. The van der Waals surface area contributed by atoms with E-state index in [0.29, 0.717) is 5.02 Å². The van der Waals surface area contributed by atoms with E-state index in [1.807, 2.05) is 36.4 Å². The number of amides is 2. The van der Waals surface area contributed by atoms with Crippen molar-refractivity contribution in [2.75, 3.05) is 11.9 Å². The average Bonchev–Trinajstić information content (AvgIpc) is 2.51. The number of carbonyl (C=O) groups is 1. The molecule has 0 fully saturated rings. The molecule has 0 spiro atoms. The zero-order chi connectivity index (χ0) is 17.6. The van der Waals surface area contributed by atoms with Gasteiger partial charge >= 0.3 is 6.03 Å². The lowest BCUT2D eigenvalue weighted by molar-refractivity contribution is 0.253. The van der Waals surface area contributed by atoms with Gasteiger partial charge in [-0.2, -0.15) is 0 Å². The Morgan fingerprint density at radius 3 is 2.46 bits per heavy atom. The van der Waals surface area contributed by atoms with Crippen LogP contribution in [0.4, 0.5) is 10.5 Å². The summed E-state index contributed by atoms with van der Waals surface area (Å²) in [5, 5.41) is 6.14. The van der Waals surface area contributed by atoms with Crippen molar-refractivity contribution in [3.05, 3.63) is 64.7 Å². The van der Waals surface area contributed by atoms with Crippen LogP contribution in [0, 0.1) is 11.8 Å². The van der Waals surface area contributed by atoms with Crippen molar-refractivity contribution >= 4 is 23.3 Å². The van der Waals surface area contributed by atoms with Gasteiger partial charge in [-0.1, -0.05) is 62.4 Å². The summed E-state index contributed by atoms with van der Waals surface area (Å²) in [6, 6.07) is 14.9. The Labute approximate surface area is 148 Å². The van der Waals surface area contributed by atoms with Crippen molar-refractivity contribution in [2.45, 2.75) is 26.2 Å². The van der Waals surface area contributed by atoms with Crippen LogP contribution in [0.3, 0.4) is 0 Å². The minimum Gasteiger partial charge on any atom is -0.327 e. The van der Waals surface area contributed by atoms with Crippen LogP contribution in [0.15, 0.2) is 48.5 Å². The molecule has 2 rings (SSSR count). The molecule has 124 valence electrons. The highest BCUT2D eigenvalue weighted by molar-refractivity contribution is 6.30. The number of halogens is 1.